The fraction of sp³-hybridized carbons (Fsp3) is 0.591. The molecule has 0 aromatic heterocycles. The van der Waals surface area contributed by atoms with Crippen LogP contribution < -0.4 is 5.48 Å². The average molecular weight is 418 g/mol. The number of ether oxygens (including phenoxy) is 2. The van der Waals surface area contributed by atoms with Gasteiger partial charge < -0.3 is 19.7 Å². The standard InChI is InChI=1S/C22H30N2O6/c25-20(13-23-30-16-8-4-5-9-16)18(12-15-6-2-1-3-7-15)24(22(26)27)19-14-29-21-17(19)10-11-28-21/h1-3,6-7,10-11,16-21,23,25H,4-5,8-9,12-14H2,(H,26,27)/t17?,18-,19?,20+,21?/m0/s1. The Balaban J connectivity index is 1.49. The van der Waals surface area contributed by atoms with Crippen LogP contribution in [0.3, 0.4) is 0 Å². The lowest BCUT2D eigenvalue weighted by Gasteiger charge is -2.38. The van der Waals surface area contributed by atoms with E-state index >= 15 is 0 Å². The number of rotatable bonds is 9. The number of nitrogens with one attached hydrogen (secondary N) is 1. The maximum absolute atomic E-state index is 12.3. The van der Waals surface area contributed by atoms with Gasteiger partial charge in [0.25, 0.3) is 0 Å². The second kappa shape index (κ2) is 9.78. The predicted molar refractivity (Wildman–Crippen MR) is 108 cm³/mol. The molecule has 1 saturated carbocycles. The number of hydrogen-bond donors (Lipinski definition) is 3. The summed E-state index contributed by atoms with van der Waals surface area (Å²) in [5.74, 6) is -0.186. The van der Waals surface area contributed by atoms with Crippen molar-refractivity contribution in [3.05, 3.63) is 48.2 Å². The Morgan fingerprint density at radius 2 is 2.03 bits per heavy atom. The number of carboxylic acid groups (broad SMARTS) is 1. The molecule has 3 unspecified atom stereocenters. The van der Waals surface area contributed by atoms with Crippen LogP contribution in [-0.2, 0) is 20.7 Å². The Bertz CT molecular complexity index is 724. The van der Waals surface area contributed by atoms with E-state index in [0.29, 0.717) is 6.42 Å². The molecule has 1 aliphatic carbocycles. The van der Waals surface area contributed by atoms with Gasteiger partial charge in [-0.2, -0.15) is 5.48 Å². The van der Waals surface area contributed by atoms with E-state index < -0.39 is 30.6 Å². The number of aliphatic hydroxyl groups excluding tert-OH is 1. The van der Waals surface area contributed by atoms with Gasteiger partial charge in [-0.05, 0) is 30.9 Å². The fourth-order valence-electron chi connectivity index (χ4n) is 4.62. The van der Waals surface area contributed by atoms with Gasteiger partial charge in [0.15, 0.2) is 0 Å². The summed E-state index contributed by atoms with van der Waals surface area (Å²) in [4.78, 5) is 19.4. The first-order chi connectivity index (χ1) is 14.6. The second-order valence-corrected chi connectivity index (χ2v) is 8.20. The van der Waals surface area contributed by atoms with E-state index in [2.05, 4.69) is 5.48 Å². The normalized spacial score (nSPS) is 27.6. The van der Waals surface area contributed by atoms with Gasteiger partial charge in [0.1, 0.15) is 0 Å². The Morgan fingerprint density at radius 3 is 2.77 bits per heavy atom. The third-order valence-electron chi connectivity index (χ3n) is 6.22. The van der Waals surface area contributed by atoms with Crippen molar-refractivity contribution < 1.29 is 29.3 Å². The first-order valence-corrected chi connectivity index (χ1v) is 10.7. The number of aliphatic hydroxyl groups is 1. The van der Waals surface area contributed by atoms with Crippen molar-refractivity contribution in [2.75, 3.05) is 13.2 Å². The third kappa shape index (κ3) is 4.78. The SMILES string of the molecule is O=C(O)N(C1COC2OC=CC21)[C@@H](Cc1ccccc1)[C@H](O)CNOC1CCCC1. The predicted octanol–water partition coefficient (Wildman–Crippen LogP) is 2.29. The van der Waals surface area contributed by atoms with Crippen LogP contribution in [0.25, 0.3) is 0 Å². The third-order valence-corrected chi connectivity index (χ3v) is 6.22. The van der Waals surface area contributed by atoms with Crippen LogP contribution in [0.1, 0.15) is 31.2 Å². The first-order valence-electron chi connectivity index (χ1n) is 10.7. The van der Waals surface area contributed by atoms with Crippen LogP contribution in [0.2, 0.25) is 0 Å². The van der Waals surface area contributed by atoms with Crippen molar-refractivity contribution in [2.24, 2.45) is 5.92 Å². The van der Waals surface area contributed by atoms with E-state index in [0.717, 1.165) is 31.2 Å². The van der Waals surface area contributed by atoms with E-state index in [-0.39, 0.29) is 25.2 Å². The molecule has 30 heavy (non-hydrogen) atoms. The van der Waals surface area contributed by atoms with Gasteiger partial charge in [-0.25, -0.2) is 4.79 Å². The van der Waals surface area contributed by atoms with Crippen molar-refractivity contribution in [3.8, 4) is 0 Å². The molecular formula is C22H30N2O6. The summed E-state index contributed by atoms with van der Waals surface area (Å²) in [5.41, 5.74) is 3.84. The molecule has 3 N–H and O–H groups in total. The number of fused-ring (bicyclic) bond motifs is 1. The summed E-state index contributed by atoms with van der Waals surface area (Å²) in [6.07, 6.45) is 5.76. The first kappa shape index (κ1) is 21.1. The molecule has 0 bridgehead atoms. The minimum absolute atomic E-state index is 0.145. The Hall–Kier alpha value is -2.13. The molecule has 2 fully saturated rings. The van der Waals surface area contributed by atoms with Gasteiger partial charge in [0, 0.05) is 6.54 Å². The molecule has 3 aliphatic rings. The topological polar surface area (TPSA) is 100 Å². The molecule has 8 heteroatoms. The zero-order chi connectivity index (χ0) is 20.9. The fourth-order valence-corrected chi connectivity index (χ4v) is 4.62. The van der Waals surface area contributed by atoms with Crippen LogP contribution in [0, 0.1) is 5.92 Å². The smallest absolute Gasteiger partial charge is 0.408 e. The minimum Gasteiger partial charge on any atom is -0.472 e. The maximum Gasteiger partial charge on any atom is 0.408 e. The number of hydroxylamine groups is 1. The number of benzene rings is 1. The van der Waals surface area contributed by atoms with Crippen LogP contribution in [0.15, 0.2) is 42.7 Å². The van der Waals surface area contributed by atoms with Crippen LogP contribution in [-0.4, -0.2) is 64.9 Å². The molecule has 2 heterocycles. The molecular weight excluding hydrogens is 388 g/mol. The van der Waals surface area contributed by atoms with Gasteiger partial charge >= 0.3 is 6.09 Å². The van der Waals surface area contributed by atoms with E-state index in [1.807, 2.05) is 36.4 Å². The van der Waals surface area contributed by atoms with Gasteiger partial charge in [-0.3, -0.25) is 9.74 Å². The Labute approximate surface area is 176 Å². The summed E-state index contributed by atoms with van der Waals surface area (Å²) >= 11 is 0. The molecule has 0 radical (unpaired) electrons. The zero-order valence-corrected chi connectivity index (χ0v) is 16.9. The molecule has 1 amide bonds. The molecule has 0 spiro atoms. The molecule has 4 rings (SSSR count). The van der Waals surface area contributed by atoms with E-state index in [1.165, 1.54) is 4.90 Å². The van der Waals surface area contributed by atoms with E-state index in [9.17, 15) is 15.0 Å². The lowest BCUT2D eigenvalue weighted by atomic mass is 9.94. The largest absolute Gasteiger partial charge is 0.472 e. The van der Waals surface area contributed by atoms with Crippen molar-refractivity contribution in [2.45, 2.75) is 62.7 Å². The van der Waals surface area contributed by atoms with E-state index in [4.69, 9.17) is 14.3 Å². The van der Waals surface area contributed by atoms with Gasteiger partial charge in [-0.15, -0.1) is 0 Å². The number of amides is 1. The van der Waals surface area contributed by atoms with Gasteiger partial charge in [0.05, 0.1) is 43.1 Å². The highest BCUT2D eigenvalue weighted by Gasteiger charge is 2.47. The molecule has 2 aliphatic heterocycles. The van der Waals surface area contributed by atoms with E-state index in [1.54, 1.807) is 6.26 Å². The summed E-state index contributed by atoms with van der Waals surface area (Å²) in [7, 11) is 0. The average Bonchev–Trinajstić information content (AvgIpc) is 3.47. The maximum atomic E-state index is 12.3. The monoisotopic (exact) mass is 418 g/mol. The van der Waals surface area contributed by atoms with Gasteiger partial charge in [0.2, 0.25) is 6.29 Å². The lowest BCUT2D eigenvalue weighted by molar-refractivity contribution is -0.0690. The van der Waals surface area contributed by atoms with Crippen molar-refractivity contribution in [3.63, 3.8) is 0 Å². The summed E-state index contributed by atoms with van der Waals surface area (Å²) in [5, 5.41) is 21.1. The molecule has 5 atom stereocenters. The molecule has 1 aromatic rings. The quantitative estimate of drug-likeness (QED) is 0.529. The number of hydrogen-bond acceptors (Lipinski definition) is 6. The molecule has 1 aromatic carbocycles. The highest BCUT2D eigenvalue weighted by molar-refractivity contribution is 5.66. The van der Waals surface area contributed by atoms with Crippen LogP contribution in [0.4, 0.5) is 4.79 Å². The van der Waals surface area contributed by atoms with Crippen molar-refractivity contribution >= 4 is 6.09 Å². The zero-order valence-electron chi connectivity index (χ0n) is 16.9. The summed E-state index contributed by atoms with van der Waals surface area (Å²) in [6, 6.07) is 8.53. The minimum atomic E-state index is -1.08. The highest BCUT2D eigenvalue weighted by atomic mass is 16.7. The van der Waals surface area contributed by atoms with Gasteiger partial charge in [-0.1, -0.05) is 43.2 Å². The Morgan fingerprint density at radius 1 is 1.27 bits per heavy atom. The van der Waals surface area contributed by atoms with Crippen molar-refractivity contribution in [1.29, 1.82) is 0 Å². The summed E-state index contributed by atoms with van der Waals surface area (Å²) in [6.45, 7) is 0.377. The lowest BCUT2D eigenvalue weighted by Crippen LogP contribution is -2.57. The Kier molecular flexibility index (Phi) is 6.89. The number of carbonyl (C=O) groups is 1. The van der Waals surface area contributed by atoms with Crippen LogP contribution in [0.5, 0.6) is 0 Å². The molecule has 1 saturated heterocycles. The number of nitrogens with zero attached hydrogens (tertiary/aromatic N) is 1. The molecule has 8 nitrogen and oxygen atoms in total. The second-order valence-electron chi connectivity index (χ2n) is 8.20. The van der Waals surface area contributed by atoms with Crippen LogP contribution >= 0.6 is 0 Å². The highest BCUT2D eigenvalue weighted by Crippen LogP contribution is 2.34. The summed E-state index contributed by atoms with van der Waals surface area (Å²) < 4.78 is 11.0. The molecule has 164 valence electrons. The van der Waals surface area contributed by atoms with Crippen molar-refractivity contribution in [1.82, 2.24) is 10.4 Å².